The number of hydrogen-bond acceptors (Lipinski definition) is 1. The van der Waals surface area contributed by atoms with Gasteiger partial charge in [-0.3, -0.25) is 0 Å². The van der Waals surface area contributed by atoms with Crippen LogP contribution in [0.4, 0.5) is 0 Å². The Morgan fingerprint density at radius 3 is 2.43 bits per heavy atom. The molecule has 1 aliphatic carbocycles. The third-order valence-electron chi connectivity index (χ3n) is 4.16. The van der Waals surface area contributed by atoms with Crippen molar-refractivity contribution in [1.82, 2.24) is 5.32 Å². The molecule has 1 amide bonds. The van der Waals surface area contributed by atoms with Crippen LogP contribution in [0.5, 0.6) is 0 Å². The zero-order valence-corrected chi connectivity index (χ0v) is 16.2. The summed E-state index contributed by atoms with van der Waals surface area (Å²) in [5.74, 6) is 0.0539. The fourth-order valence-corrected chi connectivity index (χ4v) is 5.96. The van der Waals surface area contributed by atoms with E-state index in [9.17, 15) is 4.79 Å². The first-order chi connectivity index (χ1) is 11.2. The minimum absolute atomic E-state index is 0.0539. The maximum atomic E-state index is 12.5. The van der Waals surface area contributed by atoms with E-state index in [0.29, 0.717) is 25.8 Å². The Hall–Kier alpha value is -1.09. The topological polar surface area (TPSA) is 29.1 Å². The van der Waals surface area contributed by atoms with Crippen molar-refractivity contribution in [2.75, 3.05) is 0 Å². The molecular weight excluding hydrogens is 417 g/mol. The molecule has 0 unspecified atom stereocenters. The van der Waals surface area contributed by atoms with Crippen molar-refractivity contribution in [3.05, 3.63) is 64.6 Å². The number of halogens is 1. The van der Waals surface area contributed by atoms with Gasteiger partial charge < -0.3 is 0 Å². The van der Waals surface area contributed by atoms with E-state index in [0.717, 1.165) is 16.5 Å². The molecule has 4 heteroatoms. The fraction of sp³-hybridized carbons (Fsp3) is 0.316. The molecule has 2 aromatic rings. The van der Waals surface area contributed by atoms with E-state index in [-0.39, 0.29) is 5.91 Å². The maximum absolute atomic E-state index is 12.5. The van der Waals surface area contributed by atoms with Crippen LogP contribution in [0, 0.1) is 0 Å². The van der Waals surface area contributed by atoms with E-state index in [4.69, 9.17) is 0 Å². The second-order valence-electron chi connectivity index (χ2n) is 5.84. The van der Waals surface area contributed by atoms with E-state index >= 15 is 0 Å². The van der Waals surface area contributed by atoms with Gasteiger partial charge in [-0.2, -0.15) is 0 Å². The first kappa shape index (κ1) is 16.8. The number of benzene rings is 2. The first-order valence-electron chi connectivity index (χ1n) is 8.00. The Kier molecular flexibility index (Phi) is 5.93. The van der Waals surface area contributed by atoms with Crippen LogP contribution in [0.3, 0.4) is 0 Å². The van der Waals surface area contributed by atoms with Crippen LogP contribution in [0.25, 0.3) is 0 Å². The molecule has 0 radical (unpaired) electrons. The molecule has 0 aliphatic heterocycles. The molecule has 2 atom stereocenters. The van der Waals surface area contributed by atoms with Crippen molar-refractivity contribution < 1.29 is 4.79 Å². The van der Waals surface area contributed by atoms with Crippen LogP contribution >= 0.6 is 15.9 Å². The number of rotatable bonds is 4. The zero-order chi connectivity index (χ0) is 16.1. The van der Waals surface area contributed by atoms with Crippen molar-refractivity contribution in [3.8, 4) is 0 Å². The van der Waals surface area contributed by atoms with Crippen molar-refractivity contribution in [2.45, 2.75) is 36.5 Å². The summed E-state index contributed by atoms with van der Waals surface area (Å²) in [6, 6.07) is 18.6. The second kappa shape index (κ2) is 8.14. The summed E-state index contributed by atoms with van der Waals surface area (Å²) in [6.45, 7) is 0. The third kappa shape index (κ3) is 4.69. The molecule has 0 spiro atoms. The minimum atomic E-state index is 0.0539. The molecule has 0 saturated heterocycles. The van der Waals surface area contributed by atoms with Gasteiger partial charge in [0.1, 0.15) is 0 Å². The summed E-state index contributed by atoms with van der Waals surface area (Å²) < 4.78 is 2.42. The van der Waals surface area contributed by atoms with E-state index in [1.165, 1.54) is 23.7 Å². The van der Waals surface area contributed by atoms with Crippen LogP contribution < -0.4 is 9.78 Å². The molecule has 1 fully saturated rings. The van der Waals surface area contributed by atoms with E-state index in [1.807, 2.05) is 24.3 Å². The average Bonchev–Trinajstić information content (AvgIpc) is 2.58. The first-order valence-corrected chi connectivity index (χ1v) is 10.6. The van der Waals surface area contributed by atoms with Gasteiger partial charge in [-0.25, -0.2) is 0 Å². The number of hydrogen-bond donors (Lipinski definition) is 1. The predicted molar refractivity (Wildman–Crippen MR) is 99.4 cm³/mol. The van der Waals surface area contributed by atoms with Gasteiger partial charge >= 0.3 is 153 Å². The summed E-state index contributed by atoms with van der Waals surface area (Å²) >= 11 is 3.83. The van der Waals surface area contributed by atoms with Gasteiger partial charge in [-0.15, -0.1) is 0 Å². The molecule has 2 aromatic carbocycles. The molecule has 2 nitrogen and oxygen atoms in total. The normalized spacial score (nSPS) is 20.9. The number of carbonyl (C=O) groups is 1. The van der Waals surface area contributed by atoms with Crippen LogP contribution in [0.2, 0.25) is 4.82 Å². The van der Waals surface area contributed by atoms with Crippen molar-refractivity contribution in [1.29, 1.82) is 0 Å². The van der Waals surface area contributed by atoms with Gasteiger partial charge in [0.05, 0.1) is 0 Å². The van der Waals surface area contributed by atoms with Gasteiger partial charge in [0.25, 0.3) is 0 Å². The van der Waals surface area contributed by atoms with Crippen molar-refractivity contribution >= 4 is 41.3 Å². The van der Waals surface area contributed by atoms with Crippen molar-refractivity contribution in [3.63, 3.8) is 0 Å². The predicted octanol–water partition coefficient (Wildman–Crippen LogP) is 3.94. The van der Waals surface area contributed by atoms with Gasteiger partial charge in [0.2, 0.25) is 0 Å². The standard InChI is InChI=1S/C19H20BrNOSe/c20-15-12-10-14(11-13-15)19(22)21-17-8-4-5-9-18(17)23-16-6-2-1-3-7-16/h1-3,6-7,10-13,17-18H,4-5,8-9H2,(H,21,22)/t17-,18-/m1/s1. The Morgan fingerprint density at radius 1 is 1.00 bits per heavy atom. The summed E-state index contributed by atoms with van der Waals surface area (Å²) in [5.41, 5.74) is 0.740. The molecule has 0 bridgehead atoms. The zero-order valence-electron chi connectivity index (χ0n) is 12.9. The van der Waals surface area contributed by atoms with E-state index in [2.05, 4.69) is 51.6 Å². The molecular formula is C19H20BrNOSe. The molecule has 1 saturated carbocycles. The van der Waals surface area contributed by atoms with Crippen LogP contribution in [0.15, 0.2) is 59.1 Å². The average molecular weight is 437 g/mol. The van der Waals surface area contributed by atoms with Crippen LogP contribution in [-0.2, 0) is 0 Å². The molecule has 0 aromatic heterocycles. The molecule has 1 aliphatic rings. The molecule has 120 valence electrons. The van der Waals surface area contributed by atoms with Crippen molar-refractivity contribution in [2.24, 2.45) is 0 Å². The number of nitrogens with one attached hydrogen (secondary N) is 1. The van der Waals surface area contributed by atoms with Gasteiger partial charge in [0.15, 0.2) is 0 Å². The SMILES string of the molecule is O=C(N[C@@H]1CCCC[C@H]1[Se]c1ccccc1)c1ccc(Br)cc1. The monoisotopic (exact) mass is 437 g/mol. The van der Waals surface area contributed by atoms with Crippen LogP contribution in [0.1, 0.15) is 36.0 Å². The summed E-state index contributed by atoms with van der Waals surface area (Å²) in [6.07, 6.45) is 4.82. The Labute approximate surface area is 152 Å². The molecule has 23 heavy (non-hydrogen) atoms. The van der Waals surface area contributed by atoms with Gasteiger partial charge in [0, 0.05) is 0 Å². The van der Waals surface area contributed by atoms with E-state index < -0.39 is 0 Å². The number of amides is 1. The quantitative estimate of drug-likeness (QED) is 0.722. The molecule has 1 N–H and O–H groups in total. The summed E-state index contributed by atoms with van der Waals surface area (Å²) in [4.78, 5) is 13.1. The Morgan fingerprint density at radius 2 is 1.70 bits per heavy atom. The van der Waals surface area contributed by atoms with Gasteiger partial charge in [-0.1, -0.05) is 0 Å². The van der Waals surface area contributed by atoms with E-state index in [1.54, 1.807) is 0 Å². The Bertz CT molecular complexity index is 644. The summed E-state index contributed by atoms with van der Waals surface area (Å²) in [5, 5.41) is 3.29. The fourth-order valence-electron chi connectivity index (χ4n) is 2.93. The number of carbonyl (C=O) groups excluding carboxylic acids is 1. The molecule has 3 rings (SSSR count). The van der Waals surface area contributed by atoms with Gasteiger partial charge in [-0.05, 0) is 0 Å². The second-order valence-corrected chi connectivity index (χ2v) is 9.51. The third-order valence-corrected chi connectivity index (χ3v) is 7.65. The Balaban J connectivity index is 1.66. The summed E-state index contributed by atoms with van der Waals surface area (Å²) in [7, 11) is 0. The van der Waals surface area contributed by atoms with Crippen LogP contribution in [-0.4, -0.2) is 26.9 Å². The molecule has 0 heterocycles.